The number of nitrogens with zero attached hydrogens (tertiary/aromatic N) is 2. The van der Waals surface area contributed by atoms with Crippen molar-refractivity contribution in [1.82, 2.24) is 10.2 Å². The maximum Gasteiger partial charge on any atom is 0.259 e. The first-order valence-electron chi connectivity index (χ1n) is 8.47. The zero-order chi connectivity index (χ0) is 18.8. The molecule has 6 nitrogen and oxygen atoms in total. The Morgan fingerprint density at radius 3 is 2.37 bits per heavy atom. The van der Waals surface area contributed by atoms with Gasteiger partial charge in [0.25, 0.3) is 5.91 Å². The van der Waals surface area contributed by atoms with E-state index in [1.54, 1.807) is 25.1 Å². The summed E-state index contributed by atoms with van der Waals surface area (Å²) < 4.78 is 11.0. The third-order valence-electron chi connectivity index (χ3n) is 4.29. The number of hydrogen-bond acceptors (Lipinski definition) is 5. The summed E-state index contributed by atoms with van der Waals surface area (Å²) in [5.41, 5.74) is 3.94. The summed E-state index contributed by atoms with van der Waals surface area (Å²) in [6.07, 6.45) is 1.49. The van der Waals surface area contributed by atoms with Crippen molar-refractivity contribution in [2.24, 2.45) is 0 Å². The van der Waals surface area contributed by atoms with Crippen LogP contribution in [-0.4, -0.2) is 16.1 Å². The molecule has 0 saturated carbocycles. The predicted octanol–water partition coefficient (Wildman–Crippen LogP) is 4.87. The Morgan fingerprint density at radius 2 is 1.67 bits per heavy atom. The number of carbonyl (C=O) groups excluding carboxylic acids is 1. The Kier molecular flexibility index (Phi) is 4.30. The molecule has 0 bridgehead atoms. The van der Waals surface area contributed by atoms with Crippen LogP contribution >= 0.6 is 0 Å². The number of carbonyl (C=O) groups is 1. The Balaban J connectivity index is 1.52. The van der Waals surface area contributed by atoms with Crippen molar-refractivity contribution < 1.29 is 13.6 Å². The van der Waals surface area contributed by atoms with Gasteiger partial charge in [0, 0.05) is 16.8 Å². The molecule has 6 heteroatoms. The third-order valence-corrected chi connectivity index (χ3v) is 4.29. The van der Waals surface area contributed by atoms with Gasteiger partial charge < -0.3 is 14.2 Å². The molecule has 2 aromatic heterocycles. The fraction of sp³-hybridized carbons (Fsp3) is 0.0952. The average Bonchev–Trinajstić information content (AvgIpc) is 3.32. The van der Waals surface area contributed by atoms with Crippen LogP contribution in [-0.2, 0) is 0 Å². The van der Waals surface area contributed by atoms with E-state index < -0.39 is 0 Å². The molecule has 0 spiro atoms. The molecule has 2 aromatic carbocycles. The minimum Gasteiger partial charge on any atom is -0.469 e. The molecule has 0 aliphatic rings. The number of amides is 1. The summed E-state index contributed by atoms with van der Waals surface area (Å²) in [6.45, 7) is 3.75. The van der Waals surface area contributed by atoms with Gasteiger partial charge in [0.15, 0.2) is 0 Å². The summed E-state index contributed by atoms with van der Waals surface area (Å²) >= 11 is 0. The normalized spacial score (nSPS) is 10.7. The second kappa shape index (κ2) is 6.92. The molecule has 0 saturated heterocycles. The van der Waals surface area contributed by atoms with Gasteiger partial charge in [0.2, 0.25) is 11.8 Å². The van der Waals surface area contributed by atoms with Crippen molar-refractivity contribution in [2.75, 3.05) is 5.32 Å². The molecule has 2 heterocycles. The van der Waals surface area contributed by atoms with Crippen molar-refractivity contribution in [3.63, 3.8) is 0 Å². The number of furan rings is 1. The van der Waals surface area contributed by atoms with Crippen LogP contribution in [0.2, 0.25) is 0 Å². The lowest BCUT2D eigenvalue weighted by molar-refractivity contribution is 0.102. The van der Waals surface area contributed by atoms with E-state index in [2.05, 4.69) is 15.5 Å². The van der Waals surface area contributed by atoms with Crippen LogP contribution in [0.25, 0.3) is 22.9 Å². The Labute approximate surface area is 155 Å². The van der Waals surface area contributed by atoms with Crippen molar-refractivity contribution in [2.45, 2.75) is 13.8 Å². The number of benzene rings is 2. The number of rotatable bonds is 4. The largest absolute Gasteiger partial charge is 0.469 e. The van der Waals surface area contributed by atoms with Crippen LogP contribution in [0.15, 0.2) is 69.7 Å². The van der Waals surface area contributed by atoms with Gasteiger partial charge in [-0.25, -0.2) is 0 Å². The van der Waals surface area contributed by atoms with Crippen molar-refractivity contribution in [1.29, 1.82) is 0 Å². The first kappa shape index (κ1) is 16.8. The Hall–Kier alpha value is -3.67. The van der Waals surface area contributed by atoms with Gasteiger partial charge in [-0.05, 0) is 55.8 Å². The van der Waals surface area contributed by atoms with Crippen LogP contribution in [0.5, 0.6) is 0 Å². The maximum atomic E-state index is 12.2. The topological polar surface area (TPSA) is 81.2 Å². The highest BCUT2D eigenvalue weighted by atomic mass is 16.4. The zero-order valence-electron chi connectivity index (χ0n) is 14.9. The van der Waals surface area contributed by atoms with E-state index in [1.807, 2.05) is 43.3 Å². The monoisotopic (exact) mass is 359 g/mol. The molecule has 4 aromatic rings. The standard InChI is InChI=1S/C21H17N3O3/c1-13-5-3-4-6-17(13)21-24-23-20(27-21)15-7-9-16(10-8-15)22-19(25)18-11-12-26-14(18)2/h3-12H,1-2H3,(H,22,25). The van der Waals surface area contributed by atoms with E-state index in [4.69, 9.17) is 8.83 Å². The van der Waals surface area contributed by atoms with E-state index in [-0.39, 0.29) is 5.91 Å². The molecule has 0 atom stereocenters. The van der Waals surface area contributed by atoms with Gasteiger partial charge in [-0.1, -0.05) is 18.2 Å². The summed E-state index contributed by atoms with van der Waals surface area (Å²) in [5.74, 6) is 1.28. The fourth-order valence-corrected chi connectivity index (χ4v) is 2.78. The van der Waals surface area contributed by atoms with Gasteiger partial charge in [0.05, 0.1) is 11.8 Å². The van der Waals surface area contributed by atoms with Gasteiger partial charge in [-0.3, -0.25) is 4.79 Å². The number of anilines is 1. The third kappa shape index (κ3) is 3.37. The smallest absolute Gasteiger partial charge is 0.259 e. The molecule has 1 amide bonds. The lowest BCUT2D eigenvalue weighted by Gasteiger charge is -2.04. The number of hydrogen-bond donors (Lipinski definition) is 1. The van der Waals surface area contributed by atoms with Gasteiger partial charge in [-0.15, -0.1) is 10.2 Å². The Bertz CT molecular complexity index is 1090. The molecular weight excluding hydrogens is 342 g/mol. The van der Waals surface area contributed by atoms with E-state index >= 15 is 0 Å². The summed E-state index contributed by atoms with van der Waals surface area (Å²) in [4.78, 5) is 12.2. The highest BCUT2D eigenvalue weighted by molar-refractivity contribution is 6.04. The van der Waals surface area contributed by atoms with Gasteiger partial charge in [-0.2, -0.15) is 0 Å². The number of aryl methyl sites for hydroxylation is 2. The zero-order valence-corrected chi connectivity index (χ0v) is 14.9. The summed E-state index contributed by atoms with van der Waals surface area (Å²) in [7, 11) is 0. The lowest BCUT2D eigenvalue weighted by Crippen LogP contribution is -2.11. The maximum absolute atomic E-state index is 12.2. The highest BCUT2D eigenvalue weighted by Crippen LogP contribution is 2.26. The molecule has 0 fully saturated rings. The van der Waals surface area contributed by atoms with Crippen LogP contribution in [0, 0.1) is 13.8 Å². The molecule has 4 rings (SSSR count). The van der Waals surface area contributed by atoms with Crippen LogP contribution in [0.3, 0.4) is 0 Å². The Morgan fingerprint density at radius 1 is 0.926 bits per heavy atom. The summed E-state index contributed by atoms with van der Waals surface area (Å²) in [6, 6.07) is 16.7. The molecule has 134 valence electrons. The highest BCUT2D eigenvalue weighted by Gasteiger charge is 2.14. The van der Waals surface area contributed by atoms with Crippen molar-refractivity contribution in [3.8, 4) is 22.9 Å². The molecule has 0 aliphatic heterocycles. The molecule has 0 unspecified atom stereocenters. The second-order valence-electron chi connectivity index (χ2n) is 6.15. The van der Waals surface area contributed by atoms with Crippen LogP contribution in [0.1, 0.15) is 21.7 Å². The number of aromatic nitrogens is 2. The fourth-order valence-electron chi connectivity index (χ4n) is 2.78. The first-order chi connectivity index (χ1) is 13.1. The predicted molar refractivity (Wildman–Crippen MR) is 101 cm³/mol. The quantitative estimate of drug-likeness (QED) is 0.562. The second-order valence-corrected chi connectivity index (χ2v) is 6.15. The van der Waals surface area contributed by atoms with E-state index in [9.17, 15) is 4.79 Å². The molecule has 0 aliphatic carbocycles. The minimum absolute atomic E-state index is 0.214. The minimum atomic E-state index is -0.214. The molecule has 27 heavy (non-hydrogen) atoms. The van der Waals surface area contributed by atoms with Crippen LogP contribution in [0.4, 0.5) is 5.69 Å². The molecule has 0 radical (unpaired) electrons. The van der Waals surface area contributed by atoms with Crippen LogP contribution < -0.4 is 5.32 Å². The van der Waals surface area contributed by atoms with Gasteiger partial charge >= 0.3 is 0 Å². The SMILES string of the molecule is Cc1ccccc1-c1nnc(-c2ccc(NC(=O)c3ccoc3C)cc2)o1. The van der Waals surface area contributed by atoms with Gasteiger partial charge in [0.1, 0.15) is 5.76 Å². The first-order valence-corrected chi connectivity index (χ1v) is 8.47. The molecular formula is C21H17N3O3. The number of nitrogens with one attached hydrogen (secondary N) is 1. The average molecular weight is 359 g/mol. The van der Waals surface area contributed by atoms with E-state index in [0.29, 0.717) is 28.8 Å². The van der Waals surface area contributed by atoms with Crippen molar-refractivity contribution >= 4 is 11.6 Å². The summed E-state index contributed by atoms with van der Waals surface area (Å²) in [5, 5.41) is 11.1. The van der Waals surface area contributed by atoms with E-state index in [0.717, 1.165) is 16.7 Å². The lowest BCUT2D eigenvalue weighted by atomic mass is 10.1. The van der Waals surface area contributed by atoms with Crippen molar-refractivity contribution in [3.05, 3.63) is 77.7 Å². The van der Waals surface area contributed by atoms with E-state index in [1.165, 1.54) is 6.26 Å². The molecule has 1 N–H and O–H groups in total.